The van der Waals surface area contributed by atoms with Crippen LogP contribution in [-0.2, 0) is 0 Å². The number of amides is 1. The lowest BCUT2D eigenvalue weighted by Gasteiger charge is -2.18. The molecule has 3 aromatic carbocycles. The zero-order valence-electron chi connectivity index (χ0n) is 18.2. The maximum absolute atomic E-state index is 13.1. The van der Waals surface area contributed by atoms with Crippen LogP contribution >= 0.6 is 12.2 Å². The highest BCUT2D eigenvalue weighted by Gasteiger charge is 2.12. The van der Waals surface area contributed by atoms with Crippen LogP contribution in [0.3, 0.4) is 0 Å². The molecule has 0 radical (unpaired) electrons. The first-order valence-electron chi connectivity index (χ1n) is 10.5. The van der Waals surface area contributed by atoms with Crippen LogP contribution in [0.1, 0.15) is 34.6 Å². The van der Waals surface area contributed by atoms with Gasteiger partial charge in [0.1, 0.15) is 11.5 Å². The Morgan fingerprint density at radius 2 is 1.70 bits per heavy atom. The van der Waals surface area contributed by atoms with Gasteiger partial charge in [-0.05, 0) is 79.0 Å². The van der Waals surface area contributed by atoms with E-state index in [-0.39, 0.29) is 17.8 Å². The highest BCUT2D eigenvalue weighted by Crippen LogP contribution is 2.22. The van der Waals surface area contributed by atoms with Crippen LogP contribution in [0.4, 0.5) is 15.8 Å². The summed E-state index contributed by atoms with van der Waals surface area (Å²) in [5.74, 6) is -0.541. The van der Waals surface area contributed by atoms with Gasteiger partial charge >= 0.3 is 0 Å². The van der Waals surface area contributed by atoms with E-state index in [0.29, 0.717) is 16.5 Å². The minimum atomic E-state index is -0.272. The lowest BCUT2D eigenvalue weighted by Crippen LogP contribution is -2.30. The maximum atomic E-state index is 13.1. The Morgan fingerprint density at radius 3 is 2.42 bits per heavy atom. The number of nitrogens with zero attached hydrogens (tertiary/aromatic N) is 1. The molecule has 1 amide bonds. The molecule has 0 aliphatic heterocycles. The summed E-state index contributed by atoms with van der Waals surface area (Å²) in [4.78, 5) is 17.0. The second kappa shape index (κ2) is 9.75. The summed E-state index contributed by atoms with van der Waals surface area (Å²) < 4.78 is 13.1. The Bertz CT molecular complexity index is 1320. The number of halogens is 1. The molecule has 0 bridgehead atoms. The van der Waals surface area contributed by atoms with Crippen molar-refractivity contribution in [2.45, 2.75) is 19.9 Å². The number of carbonyl (C=O) groups excluding carboxylic acids is 1. The molecule has 3 N–H and O–H groups in total. The van der Waals surface area contributed by atoms with Crippen LogP contribution in [0.2, 0.25) is 0 Å². The van der Waals surface area contributed by atoms with Crippen LogP contribution in [0.5, 0.6) is 0 Å². The topological polar surface area (TPSA) is 66.0 Å². The zero-order chi connectivity index (χ0) is 23.4. The molecule has 166 valence electrons. The second-order valence-corrected chi connectivity index (χ2v) is 8.18. The van der Waals surface area contributed by atoms with Gasteiger partial charge in [0.2, 0.25) is 0 Å². The van der Waals surface area contributed by atoms with E-state index in [1.54, 1.807) is 24.4 Å². The largest absolute Gasteiger partial charge is 0.356 e. The van der Waals surface area contributed by atoms with Gasteiger partial charge in [0.15, 0.2) is 5.11 Å². The average molecular weight is 459 g/mol. The lowest BCUT2D eigenvalue weighted by atomic mass is 10.1. The van der Waals surface area contributed by atoms with Gasteiger partial charge in [-0.15, -0.1) is 0 Å². The third kappa shape index (κ3) is 5.51. The van der Waals surface area contributed by atoms with Crippen LogP contribution in [-0.4, -0.2) is 16.0 Å². The Morgan fingerprint density at radius 1 is 0.970 bits per heavy atom. The number of fused-ring (bicyclic) bond motifs is 1. The SMILES string of the molecule is Cc1cc(NC(=S)NC(C)c2ccc(F)cc2)ccc1NC(=O)c1cc2ccccc2cn1. The number of hydrogen-bond acceptors (Lipinski definition) is 3. The van der Waals surface area contributed by atoms with Crippen molar-refractivity contribution in [3.63, 3.8) is 0 Å². The molecule has 0 aliphatic carbocycles. The standard InChI is InChI=1S/C26H23FN4OS/c1-16-13-22(30-26(33)29-17(2)18-7-9-21(27)10-8-18)11-12-23(16)31-25(32)24-14-19-5-3-4-6-20(19)15-28-24/h3-15,17H,1-2H3,(H,31,32)(H2,29,30,33). The van der Waals surface area contributed by atoms with E-state index in [0.717, 1.165) is 27.6 Å². The van der Waals surface area contributed by atoms with Gasteiger partial charge in [0, 0.05) is 23.0 Å². The van der Waals surface area contributed by atoms with Crippen molar-refractivity contribution in [1.29, 1.82) is 0 Å². The molecular formula is C26H23FN4OS. The molecule has 1 aromatic heterocycles. The molecule has 7 heteroatoms. The first-order chi connectivity index (χ1) is 15.9. The van der Waals surface area contributed by atoms with Crippen molar-refractivity contribution in [2.75, 3.05) is 10.6 Å². The van der Waals surface area contributed by atoms with Gasteiger partial charge in [0.05, 0.1) is 6.04 Å². The zero-order valence-corrected chi connectivity index (χ0v) is 19.0. The van der Waals surface area contributed by atoms with E-state index >= 15 is 0 Å². The molecular weight excluding hydrogens is 435 g/mol. The number of thiocarbonyl (C=S) groups is 1. The van der Waals surface area contributed by atoms with Gasteiger partial charge < -0.3 is 16.0 Å². The quantitative estimate of drug-likeness (QED) is 0.321. The van der Waals surface area contributed by atoms with Gasteiger partial charge in [-0.2, -0.15) is 0 Å². The number of anilines is 2. The number of pyridine rings is 1. The molecule has 33 heavy (non-hydrogen) atoms. The maximum Gasteiger partial charge on any atom is 0.274 e. The molecule has 4 aromatic rings. The number of aryl methyl sites for hydroxylation is 1. The summed E-state index contributed by atoms with van der Waals surface area (Å²) in [7, 11) is 0. The summed E-state index contributed by atoms with van der Waals surface area (Å²) in [5.41, 5.74) is 3.65. The number of aromatic nitrogens is 1. The predicted molar refractivity (Wildman–Crippen MR) is 135 cm³/mol. The monoisotopic (exact) mass is 458 g/mol. The van der Waals surface area contributed by atoms with Crippen molar-refractivity contribution in [3.8, 4) is 0 Å². The van der Waals surface area contributed by atoms with Crippen LogP contribution in [0.15, 0.2) is 79.0 Å². The smallest absolute Gasteiger partial charge is 0.274 e. The molecule has 0 saturated heterocycles. The number of nitrogens with one attached hydrogen (secondary N) is 3. The van der Waals surface area contributed by atoms with E-state index in [9.17, 15) is 9.18 Å². The summed E-state index contributed by atoms with van der Waals surface area (Å²) in [6, 6.07) is 21.3. The molecule has 0 aliphatic rings. The lowest BCUT2D eigenvalue weighted by molar-refractivity contribution is 0.102. The predicted octanol–water partition coefficient (Wildman–Crippen LogP) is 5.98. The molecule has 4 rings (SSSR count). The van der Waals surface area contributed by atoms with Crippen molar-refractivity contribution in [2.24, 2.45) is 0 Å². The van der Waals surface area contributed by atoms with Crippen molar-refractivity contribution in [3.05, 3.63) is 102 Å². The van der Waals surface area contributed by atoms with Crippen LogP contribution in [0.25, 0.3) is 10.8 Å². The number of benzene rings is 3. The van der Waals surface area contributed by atoms with E-state index in [2.05, 4.69) is 20.9 Å². The number of rotatable bonds is 5. The summed E-state index contributed by atoms with van der Waals surface area (Å²) in [5, 5.41) is 11.7. The third-order valence-corrected chi connectivity index (χ3v) is 5.53. The van der Waals surface area contributed by atoms with E-state index in [4.69, 9.17) is 12.2 Å². The molecule has 1 atom stereocenters. The highest BCUT2D eigenvalue weighted by molar-refractivity contribution is 7.80. The fourth-order valence-electron chi connectivity index (χ4n) is 3.47. The van der Waals surface area contributed by atoms with E-state index in [1.165, 1.54) is 12.1 Å². The first-order valence-corrected chi connectivity index (χ1v) is 10.9. The van der Waals surface area contributed by atoms with Gasteiger partial charge in [-0.25, -0.2) is 4.39 Å². The third-order valence-electron chi connectivity index (χ3n) is 5.31. The van der Waals surface area contributed by atoms with Crippen molar-refractivity contribution >= 4 is 45.4 Å². The molecule has 0 fully saturated rings. The van der Waals surface area contributed by atoms with Gasteiger partial charge in [-0.1, -0.05) is 36.4 Å². The minimum absolute atomic E-state index is 0.0836. The minimum Gasteiger partial charge on any atom is -0.356 e. The number of carbonyl (C=O) groups is 1. The Hall–Kier alpha value is -3.84. The molecule has 1 unspecified atom stereocenters. The van der Waals surface area contributed by atoms with Crippen molar-refractivity contribution in [1.82, 2.24) is 10.3 Å². The van der Waals surface area contributed by atoms with Crippen molar-refractivity contribution < 1.29 is 9.18 Å². The summed E-state index contributed by atoms with van der Waals surface area (Å²) in [6.07, 6.45) is 1.70. The van der Waals surface area contributed by atoms with Crippen LogP contribution in [0, 0.1) is 12.7 Å². The normalized spacial score (nSPS) is 11.6. The second-order valence-electron chi connectivity index (χ2n) is 7.77. The summed E-state index contributed by atoms with van der Waals surface area (Å²) in [6.45, 7) is 3.86. The molecule has 5 nitrogen and oxygen atoms in total. The van der Waals surface area contributed by atoms with E-state index in [1.807, 2.05) is 56.3 Å². The highest BCUT2D eigenvalue weighted by atomic mass is 32.1. The number of hydrogen-bond donors (Lipinski definition) is 3. The molecule has 1 heterocycles. The fraction of sp³-hybridized carbons (Fsp3) is 0.115. The Labute approximate surface area is 197 Å². The Kier molecular flexibility index (Phi) is 6.60. The first kappa shape index (κ1) is 22.4. The Balaban J connectivity index is 1.39. The summed E-state index contributed by atoms with van der Waals surface area (Å²) >= 11 is 5.41. The molecule has 0 spiro atoms. The van der Waals surface area contributed by atoms with Gasteiger partial charge in [0.25, 0.3) is 5.91 Å². The average Bonchev–Trinajstić information content (AvgIpc) is 2.80. The van der Waals surface area contributed by atoms with Gasteiger partial charge in [-0.3, -0.25) is 9.78 Å². The fourth-order valence-corrected chi connectivity index (χ4v) is 3.77. The van der Waals surface area contributed by atoms with E-state index < -0.39 is 0 Å². The van der Waals surface area contributed by atoms with Crippen LogP contribution < -0.4 is 16.0 Å². The molecule has 0 saturated carbocycles.